The molecule has 9 heavy (non-hydrogen) atoms. The molecule has 0 nitrogen and oxygen atoms in total. The van der Waals surface area contributed by atoms with Crippen LogP contribution in [0.15, 0.2) is 0 Å². The summed E-state index contributed by atoms with van der Waals surface area (Å²) in [4.78, 5) is 0. The van der Waals surface area contributed by atoms with E-state index in [1.165, 1.54) is 6.92 Å². The van der Waals surface area contributed by atoms with E-state index in [2.05, 4.69) is 0 Å². The normalized spacial score (nSPS) is 12.0. The molecule has 0 aliphatic heterocycles. The molecule has 0 aromatic heterocycles. The van der Waals surface area contributed by atoms with Crippen LogP contribution in [0.25, 0.3) is 0 Å². The standard InChI is InChI=1S/C7H13F2/c1-3-5-6-7(8,9)4-2/h3H,4-6H2,1-2H3. The smallest absolute Gasteiger partial charge is 0.207 e. The first-order chi connectivity index (χ1) is 4.12. The monoisotopic (exact) mass is 135 g/mol. The lowest BCUT2D eigenvalue weighted by atomic mass is 10.1. The number of rotatable bonds is 4. The van der Waals surface area contributed by atoms with Crippen LogP contribution >= 0.6 is 0 Å². The van der Waals surface area contributed by atoms with Crippen LogP contribution in [0.3, 0.4) is 0 Å². The van der Waals surface area contributed by atoms with E-state index in [1.807, 2.05) is 0 Å². The molecular formula is C7H13F2. The van der Waals surface area contributed by atoms with Crippen LogP contribution in [0.5, 0.6) is 0 Å². The average Bonchev–Trinajstić information content (AvgIpc) is 1.84. The highest BCUT2D eigenvalue weighted by Crippen LogP contribution is 2.23. The molecule has 0 saturated carbocycles. The fourth-order valence-corrected chi connectivity index (χ4v) is 0.532. The number of hydrogen-bond donors (Lipinski definition) is 0. The van der Waals surface area contributed by atoms with Crippen molar-refractivity contribution in [3.63, 3.8) is 0 Å². The third kappa shape index (κ3) is 4.37. The van der Waals surface area contributed by atoms with Crippen molar-refractivity contribution in [3.05, 3.63) is 6.42 Å². The second-order valence-electron chi connectivity index (χ2n) is 2.16. The van der Waals surface area contributed by atoms with Gasteiger partial charge in [0.15, 0.2) is 0 Å². The van der Waals surface area contributed by atoms with Gasteiger partial charge in [-0.3, -0.25) is 0 Å². The minimum absolute atomic E-state index is 0. The first-order valence-corrected chi connectivity index (χ1v) is 3.28. The summed E-state index contributed by atoms with van der Waals surface area (Å²) in [7, 11) is 0. The molecule has 0 N–H and O–H groups in total. The Morgan fingerprint density at radius 1 is 1.44 bits per heavy atom. The molecule has 0 atom stereocenters. The van der Waals surface area contributed by atoms with Crippen LogP contribution in [0.2, 0.25) is 0 Å². The van der Waals surface area contributed by atoms with Gasteiger partial charge in [-0.1, -0.05) is 13.8 Å². The quantitative estimate of drug-likeness (QED) is 0.555. The minimum atomic E-state index is -2.44. The van der Waals surface area contributed by atoms with Gasteiger partial charge in [-0.15, -0.1) is 0 Å². The Bertz CT molecular complexity index is 69.3. The van der Waals surface area contributed by atoms with Crippen LogP contribution in [0, 0.1) is 6.42 Å². The summed E-state index contributed by atoms with van der Waals surface area (Å²) in [5, 5.41) is 0. The van der Waals surface area contributed by atoms with E-state index in [0.29, 0.717) is 6.42 Å². The molecule has 1 radical (unpaired) electrons. The predicted octanol–water partition coefficient (Wildman–Crippen LogP) is 3.04. The highest BCUT2D eigenvalue weighted by atomic mass is 19.3. The molecule has 0 rings (SSSR count). The molecule has 0 fully saturated rings. The van der Waals surface area contributed by atoms with E-state index < -0.39 is 5.92 Å². The first kappa shape index (κ1) is 8.86. The second kappa shape index (κ2) is 3.80. The molecule has 0 aliphatic carbocycles. The van der Waals surface area contributed by atoms with Crippen molar-refractivity contribution in [1.82, 2.24) is 0 Å². The number of unbranched alkanes of at least 4 members (excludes halogenated alkanes) is 1. The average molecular weight is 135 g/mol. The summed E-state index contributed by atoms with van der Waals surface area (Å²) >= 11 is 0. The van der Waals surface area contributed by atoms with Crippen LogP contribution in [-0.4, -0.2) is 5.92 Å². The Hall–Kier alpha value is -0.140. The van der Waals surface area contributed by atoms with Gasteiger partial charge in [0, 0.05) is 12.8 Å². The number of alkyl halides is 2. The van der Waals surface area contributed by atoms with Gasteiger partial charge in [0.05, 0.1) is 0 Å². The highest BCUT2D eigenvalue weighted by Gasteiger charge is 2.24. The maximum atomic E-state index is 12.3. The van der Waals surface area contributed by atoms with Gasteiger partial charge in [0.2, 0.25) is 5.92 Å². The van der Waals surface area contributed by atoms with E-state index in [9.17, 15) is 8.78 Å². The summed E-state index contributed by atoms with van der Waals surface area (Å²) in [6.07, 6.45) is 2.24. The minimum Gasteiger partial charge on any atom is -0.207 e. The summed E-state index contributed by atoms with van der Waals surface area (Å²) in [6, 6.07) is 0. The lowest BCUT2D eigenvalue weighted by Gasteiger charge is -2.11. The highest BCUT2D eigenvalue weighted by molar-refractivity contribution is 4.67. The largest absolute Gasteiger partial charge is 0.247 e. The second-order valence-corrected chi connectivity index (χ2v) is 2.16. The lowest BCUT2D eigenvalue weighted by Crippen LogP contribution is -2.13. The Kier molecular flexibility index (Phi) is 3.75. The first-order valence-electron chi connectivity index (χ1n) is 3.28. The van der Waals surface area contributed by atoms with Crippen molar-refractivity contribution in [3.8, 4) is 0 Å². The van der Waals surface area contributed by atoms with Crippen molar-refractivity contribution in [2.75, 3.05) is 0 Å². The van der Waals surface area contributed by atoms with Crippen LogP contribution < -0.4 is 0 Å². The maximum absolute atomic E-state index is 12.3. The molecule has 0 aliphatic rings. The third-order valence-electron chi connectivity index (χ3n) is 1.32. The predicted molar refractivity (Wildman–Crippen MR) is 34.4 cm³/mol. The zero-order valence-corrected chi connectivity index (χ0v) is 5.95. The maximum Gasteiger partial charge on any atom is 0.247 e. The Labute approximate surface area is 55.3 Å². The van der Waals surface area contributed by atoms with E-state index in [1.54, 1.807) is 13.3 Å². The number of hydrogen-bond acceptors (Lipinski definition) is 0. The van der Waals surface area contributed by atoms with E-state index in [4.69, 9.17) is 0 Å². The summed E-state index contributed by atoms with van der Waals surface area (Å²) < 4.78 is 24.6. The summed E-state index contributed by atoms with van der Waals surface area (Å²) in [5.41, 5.74) is 0. The molecule has 0 spiro atoms. The van der Waals surface area contributed by atoms with Crippen LogP contribution in [0.4, 0.5) is 8.78 Å². The zero-order chi connectivity index (χ0) is 7.33. The fourth-order valence-electron chi connectivity index (χ4n) is 0.532. The van der Waals surface area contributed by atoms with E-state index in [-0.39, 0.29) is 12.8 Å². The van der Waals surface area contributed by atoms with Gasteiger partial charge in [-0.2, -0.15) is 0 Å². The van der Waals surface area contributed by atoms with Gasteiger partial charge in [-0.05, 0) is 12.8 Å². The van der Waals surface area contributed by atoms with Crippen molar-refractivity contribution < 1.29 is 8.78 Å². The van der Waals surface area contributed by atoms with Gasteiger partial charge in [0.1, 0.15) is 0 Å². The molecule has 0 aromatic carbocycles. The summed E-state index contributed by atoms with van der Waals surface area (Å²) in [6.45, 7) is 3.31. The Morgan fingerprint density at radius 3 is 2.33 bits per heavy atom. The van der Waals surface area contributed by atoms with Crippen molar-refractivity contribution in [1.29, 1.82) is 0 Å². The van der Waals surface area contributed by atoms with E-state index in [0.717, 1.165) is 0 Å². The van der Waals surface area contributed by atoms with Crippen LogP contribution in [0.1, 0.15) is 33.1 Å². The van der Waals surface area contributed by atoms with Gasteiger partial charge in [-0.25, -0.2) is 8.78 Å². The number of halogens is 2. The molecule has 0 bridgehead atoms. The molecule has 2 heteroatoms. The van der Waals surface area contributed by atoms with Gasteiger partial charge in [0.25, 0.3) is 0 Å². The molecule has 0 aromatic rings. The molecular weight excluding hydrogens is 122 g/mol. The topological polar surface area (TPSA) is 0 Å². The molecule has 0 saturated heterocycles. The van der Waals surface area contributed by atoms with Crippen molar-refractivity contribution >= 4 is 0 Å². The van der Waals surface area contributed by atoms with Crippen molar-refractivity contribution in [2.45, 2.75) is 39.0 Å². The van der Waals surface area contributed by atoms with Gasteiger partial charge < -0.3 is 0 Å². The molecule has 0 heterocycles. The Balaban J connectivity index is 3.33. The lowest BCUT2D eigenvalue weighted by molar-refractivity contribution is -0.0112. The summed E-state index contributed by atoms with van der Waals surface area (Å²) in [5.74, 6) is -2.44. The SMILES string of the molecule is C[CH]CCC(F)(F)CC. The van der Waals surface area contributed by atoms with Crippen LogP contribution in [-0.2, 0) is 0 Å². The zero-order valence-electron chi connectivity index (χ0n) is 5.95. The molecule has 0 amide bonds. The molecule has 55 valence electrons. The fraction of sp³-hybridized carbons (Fsp3) is 0.857. The van der Waals surface area contributed by atoms with E-state index >= 15 is 0 Å². The van der Waals surface area contributed by atoms with Crippen molar-refractivity contribution in [2.24, 2.45) is 0 Å². The Morgan fingerprint density at radius 2 is 2.00 bits per heavy atom. The third-order valence-corrected chi connectivity index (χ3v) is 1.32. The molecule has 0 unspecified atom stereocenters. The van der Waals surface area contributed by atoms with Gasteiger partial charge >= 0.3 is 0 Å².